The molecule has 0 unspecified atom stereocenters. The van der Waals surface area contributed by atoms with Crippen molar-refractivity contribution in [1.29, 1.82) is 0 Å². The van der Waals surface area contributed by atoms with E-state index in [1.807, 2.05) is 19.1 Å². The summed E-state index contributed by atoms with van der Waals surface area (Å²) in [7, 11) is 1.28. The largest absolute Gasteiger partial charge is 0.453 e. The maximum atomic E-state index is 14.1. The summed E-state index contributed by atoms with van der Waals surface area (Å²) in [5, 5.41) is 10.7. The van der Waals surface area contributed by atoms with Crippen molar-refractivity contribution < 1.29 is 18.3 Å². The fraction of sp³-hybridized carbons (Fsp3) is 0.167. The van der Waals surface area contributed by atoms with E-state index in [4.69, 9.17) is 11.6 Å². The molecule has 0 saturated heterocycles. The molecule has 1 N–H and O–H groups in total. The van der Waals surface area contributed by atoms with Crippen molar-refractivity contribution in [3.63, 3.8) is 0 Å². The lowest BCUT2D eigenvalue weighted by Crippen LogP contribution is -2.22. The zero-order chi connectivity index (χ0) is 19.6. The molecule has 140 valence electrons. The first-order valence-electron chi connectivity index (χ1n) is 7.88. The minimum absolute atomic E-state index is 0.0533. The van der Waals surface area contributed by atoms with Gasteiger partial charge in [-0.05, 0) is 36.2 Å². The zero-order valence-corrected chi connectivity index (χ0v) is 15.2. The van der Waals surface area contributed by atoms with Crippen molar-refractivity contribution in [3.05, 3.63) is 64.3 Å². The number of aromatic nitrogens is 3. The summed E-state index contributed by atoms with van der Waals surface area (Å²) < 4.78 is 32.7. The zero-order valence-electron chi connectivity index (χ0n) is 14.5. The van der Waals surface area contributed by atoms with Crippen LogP contribution in [0.15, 0.2) is 36.5 Å². The van der Waals surface area contributed by atoms with E-state index in [-0.39, 0.29) is 11.6 Å². The van der Waals surface area contributed by atoms with Crippen LogP contribution in [-0.4, -0.2) is 28.2 Å². The second-order valence-corrected chi connectivity index (χ2v) is 6.16. The highest BCUT2D eigenvalue weighted by molar-refractivity contribution is 6.30. The lowest BCUT2D eigenvalue weighted by atomic mass is 10.0. The van der Waals surface area contributed by atoms with Crippen LogP contribution in [-0.2, 0) is 11.3 Å². The van der Waals surface area contributed by atoms with Crippen LogP contribution in [0.1, 0.15) is 11.1 Å². The van der Waals surface area contributed by atoms with Crippen LogP contribution < -0.4 is 5.32 Å². The summed E-state index contributed by atoms with van der Waals surface area (Å²) >= 11 is 5.64. The van der Waals surface area contributed by atoms with Gasteiger partial charge in [-0.2, -0.15) is 5.10 Å². The summed E-state index contributed by atoms with van der Waals surface area (Å²) in [6, 6.07) is 7.46. The third-order valence-electron chi connectivity index (χ3n) is 3.93. The second kappa shape index (κ2) is 7.71. The predicted molar refractivity (Wildman–Crippen MR) is 95.7 cm³/mol. The molecule has 3 aromatic rings. The van der Waals surface area contributed by atoms with Crippen LogP contribution in [0.5, 0.6) is 0 Å². The summed E-state index contributed by atoms with van der Waals surface area (Å²) in [6.07, 6.45) is 0.856. The Bertz CT molecular complexity index is 984. The minimum Gasteiger partial charge on any atom is -0.453 e. The molecular weight excluding hydrogens is 378 g/mol. The van der Waals surface area contributed by atoms with Crippen LogP contribution in [0.3, 0.4) is 0 Å². The molecule has 0 saturated carbocycles. The number of nitrogens with zero attached hydrogens (tertiary/aromatic N) is 3. The lowest BCUT2D eigenvalue weighted by molar-refractivity contribution is 0.170. The van der Waals surface area contributed by atoms with E-state index in [1.54, 1.807) is 6.07 Å². The Morgan fingerprint density at radius 1 is 1.26 bits per heavy atom. The molecule has 6 nitrogen and oxygen atoms in total. The molecule has 2 aromatic carbocycles. The molecule has 27 heavy (non-hydrogen) atoms. The molecule has 0 radical (unpaired) electrons. The van der Waals surface area contributed by atoms with Crippen molar-refractivity contribution in [1.82, 2.24) is 20.3 Å². The number of nitrogens with one attached hydrogen (secondary N) is 1. The molecule has 1 heterocycles. The number of ether oxygens (including phenoxy) is 1. The van der Waals surface area contributed by atoms with Crippen LogP contribution >= 0.6 is 11.6 Å². The number of rotatable bonds is 4. The molecular formula is C18H15ClF2N4O2. The maximum Gasteiger partial charge on any atom is 0.407 e. The van der Waals surface area contributed by atoms with Gasteiger partial charge in [0.05, 0.1) is 13.3 Å². The maximum absolute atomic E-state index is 14.1. The molecule has 0 bridgehead atoms. The highest BCUT2D eigenvalue weighted by Crippen LogP contribution is 2.24. The average Bonchev–Trinajstić information content (AvgIpc) is 3.09. The van der Waals surface area contributed by atoms with Crippen LogP contribution in [0.4, 0.5) is 13.6 Å². The molecule has 0 atom stereocenters. The molecule has 3 rings (SSSR count). The van der Waals surface area contributed by atoms with E-state index in [1.165, 1.54) is 13.3 Å². The molecule has 1 aromatic heterocycles. The van der Waals surface area contributed by atoms with Gasteiger partial charge in [0, 0.05) is 17.1 Å². The number of halogens is 3. The molecule has 0 aliphatic rings. The first-order valence-corrected chi connectivity index (χ1v) is 8.26. The Morgan fingerprint density at radius 2 is 1.96 bits per heavy atom. The summed E-state index contributed by atoms with van der Waals surface area (Å²) in [4.78, 5) is 12.1. The number of amides is 1. The van der Waals surface area contributed by atoms with E-state index in [0.29, 0.717) is 11.3 Å². The average molecular weight is 393 g/mol. The number of hydrogen-bond donors (Lipinski definition) is 1. The van der Waals surface area contributed by atoms with E-state index < -0.39 is 23.4 Å². The number of aryl methyl sites for hydroxylation is 1. The van der Waals surface area contributed by atoms with Crippen molar-refractivity contribution in [3.8, 4) is 16.9 Å². The van der Waals surface area contributed by atoms with Crippen LogP contribution in [0, 0.1) is 18.6 Å². The van der Waals surface area contributed by atoms with Crippen molar-refractivity contribution in [2.45, 2.75) is 13.5 Å². The minimum atomic E-state index is -0.867. The molecule has 1 amide bonds. The third-order valence-corrected chi connectivity index (χ3v) is 4.15. The summed E-state index contributed by atoms with van der Waals surface area (Å²) in [5.41, 5.74) is 2.49. The number of alkyl carbamates (subject to hydrolysis) is 1. The second-order valence-electron chi connectivity index (χ2n) is 5.72. The van der Waals surface area contributed by atoms with Crippen LogP contribution in [0.2, 0.25) is 5.02 Å². The lowest BCUT2D eigenvalue weighted by Gasteiger charge is -2.09. The Balaban J connectivity index is 1.92. The highest BCUT2D eigenvalue weighted by atomic mass is 35.5. The number of carbonyl (C=O) groups excluding carboxylic acids is 1. The smallest absolute Gasteiger partial charge is 0.407 e. The summed E-state index contributed by atoms with van der Waals surface area (Å²) in [6.45, 7) is 2.16. The van der Waals surface area contributed by atoms with E-state index in [0.717, 1.165) is 28.1 Å². The van der Waals surface area contributed by atoms with Crippen molar-refractivity contribution >= 4 is 17.7 Å². The predicted octanol–water partition coefficient (Wildman–Crippen LogP) is 4.03. The van der Waals surface area contributed by atoms with Gasteiger partial charge in [-0.25, -0.2) is 13.6 Å². The summed E-state index contributed by atoms with van der Waals surface area (Å²) in [5.74, 6) is -1.73. The fourth-order valence-corrected chi connectivity index (χ4v) is 2.68. The fourth-order valence-electron chi connectivity index (χ4n) is 2.49. The normalized spacial score (nSPS) is 10.7. The number of methoxy groups -OCH3 is 1. The van der Waals surface area contributed by atoms with Gasteiger partial charge in [0.1, 0.15) is 5.69 Å². The number of hydrogen-bond acceptors (Lipinski definition) is 4. The SMILES string of the molecule is COC(=O)NCc1cc(-c2cnn(-c3c(F)cc(Cl)cc3F)n2)ccc1C. The van der Waals surface area contributed by atoms with Gasteiger partial charge in [-0.15, -0.1) is 9.90 Å². The third kappa shape index (κ3) is 4.06. The Kier molecular flexibility index (Phi) is 5.36. The topological polar surface area (TPSA) is 69.0 Å². The Hall–Kier alpha value is -3.00. The first kappa shape index (κ1) is 18.8. The molecule has 0 aliphatic heterocycles. The Morgan fingerprint density at radius 3 is 2.63 bits per heavy atom. The van der Waals surface area contributed by atoms with E-state index >= 15 is 0 Å². The molecule has 0 fully saturated rings. The van der Waals surface area contributed by atoms with Gasteiger partial charge in [0.2, 0.25) is 0 Å². The van der Waals surface area contributed by atoms with Crippen molar-refractivity contribution in [2.24, 2.45) is 0 Å². The van der Waals surface area contributed by atoms with Gasteiger partial charge < -0.3 is 10.1 Å². The number of carbonyl (C=O) groups is 1. The molecule has 0 aliphatic carbocycles. The monoisotopic (exact) mass is 392 g/mol. The molecule has 0 spiro atoms. The Labute approximate surface area is 158 Å². The quantitative estimate of drug-likeness (QED) is 0.727. The van der Waals surface area contributed by atoms with Gasteiger partial charge in [-0.1, -0.05) is 23.7 Å². The first-order chi connectivity index (χ1) is 12.9. The van der Waals surface area contributed by atoms with E-state index in [2.05, 4.69) is 20.3 Å². The molecule has 9 heteroatoms. The van der Waals surface area contributed by atoms with Gasteiger partial charge in [0.25, 0.3) is 0 Å². The van der Waals surface area contributed by atoms with Gasteiger partial charge in [0.15, 0.2) is 17.3 Å². The number of benzene rings is 2. The van der Waals surface area contributed by atoms with Gasteiger partial charge >= 0.3 is 6.09 Å². The standard InChI is InChI=1S/C18H15ClF2N4O2/c1-10-3-4-11(5-12(10)8-22-18(26)27-2)16-9-23-25(24-16)17-14(20)6-13(19)7-15(17)21/h3-7,9H,8H2,1-2H3,(H,22,26). The van der Waals surface area contributed by atoms with Crippen molar-refractivity contribution in [2.75, 3.05) is 7.11 Å². The highest BCUT2D eigenvalue weighted by Gasteiger charge is 2.16. The van der Waals surface area contributed by atoms with Gasteiger partial charge in [-0.3, -0.25) is 0 Å². The van der Waals surface area contributed by atoms with E-state index in [9.17, 15) is 13.6 Å². The van der Waals surface area contributed by atoms with Crippen LogP contribution in [0.25, 0.3) is 16.9 Å².